The summed E-state index contributed by atoms with van der Waals surface area (Å²) < 4.78 is 25.4. The van der Waals surface area contributed by atoms with Crippen LogP contribution in [0.4, 0.5) is 5.82 Å². The van der Waals surface area contributed by atoms with E-state index in [-0.39, 0.29) is 46.7 Å². The molecule has 4 aliphatic carbocycles. The number of hydrogen-bond donors (Lipinski definition) is 1. The van der Waals surface area contributed by atoms with Crippen LogP contribution < -0.4 is 15.2 Å². The van der Waals surface area contributed by atoms with Crippen LogP contribution in [0.1, 0.15) is 62.1 Å². The summed E-state index contributed by atoms with van der Waals surface area (Å²) in [6.45, 7) is 4.86. The van der Waals surface area contributed by atoms with Gasteiger partial charge in [0, 0.05) is 48.5 Å². The molecule has 0 radical (unpaired) electrons. The molecule has 11 rings (SSSR count). The minimum Gasteiger partial charge on any atom is -0.487 e. The van der Waals surface area contributed by atoms with Crippen molar-refractivity contribution in [2.24, 2.45) is 23.7 Å². The zero-order valence-electron chi connectivity index (χ0n) is 35.2. The van der Waals surface area contributed by atoms with Gasteiger partial charge in [-0.05, 0) is 123 Å². The molecular formula is C48H49ClN6O8. The van der Waals surface area contributed by atoms with Crippen molar-refractivity contribution in [1.29, 1.82) is 0 Å². The molecule has 2 aromatic heterocycles. The standard InChI is InChI=1S/C48H49ClN6O8/c1-28(26-60-43-32(13-16-40(56)58-2)23-35(24-39(43)49)48(59-3)47(62-63-48)33-19-29-18-30(21-33)22-34(47)20-29)46(57)54-17-7-8-36(25-54)55-45-41(44(50)51-27-52-45)42(53-55)31-11-14-38(15-12-31)61-37-9-5-4-6-10-37/h4-6,9-16,23-24,27,29-30,33-34,36H,1,7-8,17-22,25-26H2,2-3H3,(H2,50,51,52)/b16-13+/t29?,30?,33?,34?,36-,47?,48?/m1/s1. The number of nitrogens with zero attached hydrogens (tertiary/aromatic N) is 5. The van der Waals surface area contributed by atoms with Gasteiger partial charge in [0.25, 0.3) is 11.7 Å². The Hall–Kier alpha value is -5.80. The van der Waals surface area contributed by atoms with E-state index in [0.717, 1.165) is 49.8 Å². The second-order valence-corrected chi connectivity index (χ2v) is 17.9. The van der Waals surface area contributed by atoms with Crippen molar-refractivity contribution in [2.45, 2.75) is 62.4 Å². The molecule has 2 aliphatic heterocycles. The predicted molar refractivity (Wildman–Crippen MR) is 234 cm³/mol. The maximum absolute atomic E-state index is 14.1. The number of anilines is 1. The monoisotopic (exact) mass is 872 g/mol. The van der Waals surface area contributed by atoms with Gasteiger partial charge in [-0.15, -0.1) is 0 Å². The molecule has 2 saturated heterocycles. The van der Waals surface area contributed by atoms with Crippen molar-refractivity contribution >= 4 is 46.4 Å². The van der Waals surface area contributed by atoms with Crippen molar-refractivity contribution in [3.8, 4) is 28.5 Å². The Morgan fingerprint density at radius 1 is 0.968 bits per heavy atom. The van der Waals surface area contributed by atoms with Gasteiger partial charge in [-0.3, -0.25) is 4.79 Å². The number of methoxy groups -OCH3 is 2. The number of ether oxygens (including phenoxy) is 4. The maximum atomic E-state index is 14.1. The SMILES string of the molecule is C=C(COc1c(Cl)cc(C2(OC)OOC23C2CC4CC(C2)CC3C4)cc1/C=C/C(=O)OC)C(=O)N1CCC[C@@H](n2nc(-c3ccc(Oc4ccccc4)cc3)c3c(N)ncnc32)C1. The Labute approximate surface area is 369 Å². The molecule has 4 saturated carbocycles. The molecule has 326 valence electrons. The highest BCUT2D eigenvalue weighted by Gasteiger charge is 2.76. The van der Waals surface area contributed by atoms with Gasteiger partial charge < -0.3 is 29.6 Å². The quantitative estimate of drug-likeness (QED) is 0.0724. The number of rotatable bonds is 12. The Balaban J connectivity index is 0.870. The van der Waals surface area contributed by atoms with E-state index in [0.29, 0.717) is 64.3 Å². The third kappa shape index (κ3) is 7.03. The number of nitrogens with two attached hydrogens (primary N) is 1. The van der Waals surface area contributed by atoms with E-state index in [9.17, 15) is 9.59 Å². The van der Waals surface area contributed by atoms with Gasteiger partial charge >= 0.3 is 5.97 Å². The Bertz CT molecular complexity index is 2580. The van der Waals surface area contributed by atoms with Crippen LogP contribution in [0.5, 0.6) is 17.2 Å². The summed E-state index contributed by atoms with van der Waals surface area (Å²) in [4.78, 5) is 49.3. The predicted octanol–water partition coefficient (Wildman–Crippen LogP) is 8.46. The van der Waals surface area contributed by atoms with E-state index in [1.54, 1.807) is 24.2 Å². The summed E-state index contributed by atoms with van der Waals surface area (Å²) in [5, 5.41) is 5.93. The van der Waals surface area contributed by atoms with Crippen molar-refractivity contribution in [2.75, 3.05) is 39.6 Å². The van der Waals surface area contributed by atoms with Crippen molar-refractivity contribution < 1.29 is 38.3 Å². The second kappa shape index (κ2) is 16.4. The Morgan fingerprint density at radius 3 is 2.38 bits per heavy atom. The van der Waals surface area contributed by atoms with E-state index in [4.69, 9.17) is 51.2 Å². The van der Waals surface area contributed by atoms with E-state index < -0.39 is 17.4 Å². The summed E-state index contributed by atoms with van der Waals surface area (Å²) in [6.07, 6.45) is 11.4. The smallest absolute Gasteiger partial charge is 0.330 e. The molecule has 1 spiro atoms. The average Bonchev–Trinajstić information content (AvgIpc) is 3.69. The first-order valence-electron chi connectivity index (χ1n) is 21.5. The summed E-state index contributed by atoms with van der Waals surface area (Å²) in [5.74, 6) is 1.95. The first kappa shape index (κ1) is 41.2. The lowest BCUT2D eigenvalue weighted by atomic mass is 9.47. The Morgan fingerprint density at radius 2 is 1.70 bits per heavy atom. The fourth-order valence-corrected chi connectivity index (χ4v) is 11.5. The number of carbonyl (C=O) groups is 2. The van der Waals surface area contributed by atoms with Crippen LogP contribution in [0, 0.1) is 23.7 Å². The number of aromatic nitrogens is 4. The van der Waals surface area contributed by atoms with Crippen LogP contribution in [0.25, 0.3) is 28.4 Å². The van der Waals surface area contributed by atoms with Crippen LogP contribution in [0.2, 0.25) is 5.02 Å². The van der Waals surface area contributed by atoms with E-state index >= 15 is 0 Å². The van der Waals surface area contributed by atoms with Gasteiger partial charge in [0.1, 0.15) is 41.7 Å². The fraction of sp³-hybridized carbons (Fsp3) is 0.396. The highest BCUT2D eigenvalue weighted by molar-refractivity contribution is 6.32. The number of likely N-dealkylation sites (tertiary alicyclic amines) is 1. The molecule has 4 heterocycles. The summed E-state index contributed by atoms with van der Waals surface area (Å²) >= 11 is 7.06. The number of nitrogen functional groups attached to an aromatic ring is 1. The number of halogens is 1. The molecule has 63 heavy (non-hydrogen) atoms. The van der Waals surface area contributed by atoms with Crippen LogP contribution in [0.15, 0.2) is 91.3 Å². The van der Waals surface area contributed by atoms with Gasteiger partial charge in [0.15, 0.2) is 11.2 Å². The molecular weight excluding hydrogens is 824 g/mol. The lowest BCUT2D eigenvalue weighted by Crippen LogP contribution is -2.76. The van der Waals surface area contributed by atoms with Gasteiger partial charge in [-0.1, -0.05) is 36.4 Å². The molecule has 1 unspecified atom stereocenters. The van der Waals surface area contributed by atoms with Crippen molar-refractivity contribution in [3.63, 3.8) is 0 Å². The van der Waals surface area contributed by atoms with Crippen molar-refractivity contribution in [3.05, 3.63) is 107 Å². The molecule has 14 nitrogen and oxygen atoms in total. The molecule has 4 bridgehead atoms. The highest BCUT2D eigenvalue weighted by Crippen LogP contribution is 2.69. The number of piperidine rings is 1. The van der Waals surface area contributed by atoms with Crippen molar-refractivity contribution in [1.82, 2.24) is 24.6 Å². The normalized spacial score (nSPS) is 27.2. The first-order chi connectivity index (χ1) is 30.6. The summed E-state index contributed by atoms with van der Waals surface area (Å²) in [6, 6.07) is 20.6. The first-order valence-corrected chi connectivity index (χ1v) is 21.9. The van der Waals surface area contributed by atoms with Gasteiger partial charge in [0.05, 0.1) is 23.6 Å². The zero-order chi connectivity index (χ0) is 43.5. The molecule has 2 atom stereocenters. The zero-order valence-corrected chi connectivity index (χ0v) is 36.0. The van der Waals surface area contributed by atoms with Gasteiger partial charge in [0.2, 0.25) is 0 Å². The minimum atomic E-state index is -1.20. The topological polar surface area (TPSA) is 162 Å². The van der Waals surface area contributed by atoms with Crippen LogP contribution in [0.3, 0.4) is 0 Å². The lowest BCUT2D eigenvalue weighted by Gasteiger charge is -2.68. The fourth-order valence-electron chi connectivity index (χ4n) is 11.2. The number of hydrogen-bond acceptors (Lipinski definition) is 12. The maximum Gasteiger partial charge on any atom is 0.330 e. The van der Waals surface area contributed by atoms with Crippen LogP contribution >= 0.6 is 11.6 Å². The van der Waals surface area contributed by atoms with E-state index in [2.05, 4.69) is 16.5 Å². The van der Waals surface area contributed by atoms with Gasteiger partial charge in [-0.2, -0.15) is 9.99 Å². The van der Waals surface area contributed by atoms with E-state index in [1.165, 1.54) is 25.9 Å². The summed E-state index contributed by atoms with van der Waals surface area (Å²) in [5.41, 5.74) is 9.22. The number of benzene rings is 3. The largest absolute Gasteiger partial charge is 0.487 e. The van der Waals surface area contributed by atoms with Crippen LogP contribution in [-0.4, -0.2) is 76.0 Å². The number of carbonyl (C=O) groups excluding carboxylic acids is 2. The molecule has 15 heteroatoms. The average molecular weight is 873 g/mol. The highest BCUT2D eigenvalue weighted by atomic mass is 35.5. The van der Waals surface area contributed by atoms with Gasteiger partial charge in [-0.25, -0.2) is 24.3 Å². The third-order valence-electron chi connectivity index (χ3n) is 13.8. The lowest BCUT2D eigenvalue weighted by molar-refractivity contribution is -0.645. The summed E-state index contributed by atoms with van der Waals surface area (Å²) in [7, 11) is 2.94. The molecule has 3 aromatic carbocycles. The third-order valence-corrected chi connectivity index (χ3v) is 14.1. The molecule has 5 aromatic rings. The number of esters is 1. The molecule has 2 N–H and O–H groups in total. The van der Waals surface area contributed by atoms with E-state index in [1.807, 2.05) is 65.3 Å². The minimum absolute atomic E-state index is 0.160. The van der Waals surface area contributed by atoms with Crippen LogP contribution in [-0.2, 0) is 34.6 Å². The molecule has 6 aliphatic rings. The number of amides is 1. The number of para-hydroxylation sites is 1. The number of fused-ring (bicyclic) bond motifs is 1. The second-order valence-electron chi connectivity index (χ2n) is 17.4. The molecule has 1 amide bonds. The Kier molecular flexibility index (Phi) is 10.7. The molecule has 6 fully saturated rings.